The third-order valence-corrected chi connectivity index (χ3v) is 7.23. The van der Waals surface area contributed by atoms with E-state index in [1.54, 1.807) is 30.9 Å². The molecule has 10 heteroatoms. The van der Waals surface area contributed by atoms with E-state index in [0.717, 1.165) is 53.3 Å². The number of benzene rings is 1. The van der Waals surface area contributed by atoms with E-state index in [1.807, 2.05) is 24.3 Å². The zero-order valence-electron chi connectivity index (χ0n) is 20.8. The molecule has 1 aliphatic rings. The zero-order valence-corrected chi connectivity index (χ0v) is 20.8. The molecule has 1 aromatic carbocycles. The summed E-state index contributed by atoms with van der Waals surface area (Å²) in [5, 5.41) is 11.3. The molecule has 0 bridgehead atoms. The fraction of sp³-hybridized carbons (Fsp3) is 0.172. The normalized spacial score (nSPS) is 13.9. The average Bonchev–Trinajstić information content (AvgIpc) is 3.72. The second-order valence-electron chi connectivity index (χ2n) is 9.77. The molecule has 0 aliphatic heterocycles. The average molecular weight is 519 g/mol. The van der Waals surface area contributed by atoms with Crippen molar-refractivity contribution in [2.24, 2.45) is 5.92 Å². The minimum atomic E-state index is -0.313. The first-order valence-electron chi connectivity index (χ1n) is 12.8. The van der Waals surface area contributed by atoms with E-state index in [4.69, 9.17) is 0 Å². The first-order valence-corrected chi connectivity index (χ1v) is 12.8. The lowest BCUT2D eigenvalue weighted by Crippen LogP contribution is -2.20. The molecule has 0 saturated heterocycles. The molecule has 1 saturated carbocycles. The number of halogens is 1. The Bertz CT molecular complexity index is 1850. The van der Waals surface area contributed by atoms with Crippen molar-refractivity contribution in [2.75, 3.05) is 5.32 Å². The Balaban J connectivity index is 1.25. The molecule has 5 heterocycles. The first-order chi connectivity index (χ1) is 19.1. The summed E-state index contributed by atoms with van der Waals surface area (Å²) in [5.41, 5.74) is 6.17. The van der Waals surface area contributed by atoms with Crippen molar-refractivity contribution >= 4 is 33.7 Å². The van der Waals surface area contributed by atoms with Gasteiger partial charge in [0.25, 0.3) is 0 Å². The molecule has 1 fully saturated rings. The van der Waals surface area contributed by atoms with Crippen molar-refractivity contribution in [1.82, 2.24) is 35.1 Å². The van der Waals surface area contributed by atoms with E-state index in [0.29, 0.717) is 34.1 Å². The van der Waals surface area contributed by atoms with E-state index >= 15 is 0 Å². The third kappa shape index (κ3) is 4.29. The summed E-state index contributed by atoms with van der Waals surface area (Å²) in [7, 11) is 0. The Kier molecular flexibility index (Phi) is 5.58. The maximum Gasteiger partial charge on any atom is 0.227 e. The number of pyridine rings is 3. The van der Waals surface area contributed by atoms with Crippen LogP contribution in [0.1, 0.15) is 25.7 Å². The number of hydrogen-bond donors (Lipinski definition) is 3. The number of hydrogen-bond acceptors (Lipinski definition) is 6. The van der Waals surface area contributed by atoms with Crippen molar-refractivity contribution in [2.45, 2.75) is 25.7 Å². The van der Waals surface area contributed by atoms with Gasteiger partial charge in [0.2, 0.25) is 5.91 Å². The molecule has 1 amide bonds. The minimum Gasteiger partial charge on any atom is -0.335 e. The summed E-state index contributed by atoms with van der Waals surface area (Å²) < 4.78 is 13.9. The molecule has 1 aliphatic carbocycles. The monoisotopic (exact) mass is 518 g/mol. The standard InChI is InChI=1S/C29H23FN8O/c30-19-7-3-6-17(10-19)21-8-9-32-27-25(21)35-28(36-27)26-22-12-23(33-15-24(22)37-38-26)18-11-20(14-31-13-18)34-29(39)16-4-1-2-5-16/h3,6-16H,1-2,4-5H2,(H,34,39)(H,37,38)(H,32,35,36). The van der Waals surface area contributed by atoms with Gasteiger partial charge in [0.1, 0.15) is 11.5 Å². The van der Waals surface area contributed by atoms with E-state index in [2.05, 4.69) is 40.4 Å². The Morgan fingerprint density at radius 1 is 1.00 bits per heavy atom. The number of aromatic nitrogens is 7. The molecule has 3 N–H and O–H groups in total. The van der Waals surface area contributed by atoms with Crippen molar-refractivity contribution in [3.63, 3.8) is 0 Å². The lowest BCUT2D eigenvalue weighted by Gasteiger charge is -2.11. The number of amides is 1. The van der Waals surface area contributed by atoms with Crippen LogP contribution in [-0.4, -0.2) is 41.0 Å². The molecule has 6 aromatic rings. The summed E-state index contributed by atoms with van der Waals surface area (Å²) in [5.74, 6) is 0.326. The quantitative estimate of drug-likeness (QED) is 0.261. The number of nitrogens with zero attached hydrogens (tertiary/aromatic N) is 5. The van der Waals surface area contributed by atoms with Gasteiger partial charge in [-0.2, -0.15) is 5.10 Å². The zero-order chi connectivity index (χ0) is 26.3. The van der Waals surface area contributed by atoms with Crippen molar-refractivity contribution in [3.8, 4) is 33.9 Å². The number of nitrogens with one attached hydrogen (secondary N) is 3. The van der Waals surface area contributed by atoms with Crippen LogP contribution in [0.3, 0.4) is 0 Å². The highest BCUT2D eigenvalue weighted by Gasteiger charge is 2.23. The first kappa shape index (κ1) is 23.2. The number of imidazole rings is 1. The maximum absolute atomic E-state index is 13.9. The van der Waals surface area contributed by atoms with Gasteiger partial charge in [0.05, 0.1) is 34.8 Å². The molecular weight excluding hydrogens is 495 g/mol. The van der Waals surface area contributed by atoms with Crippen LogP contribution in [0.2, 0.25) is 0 Å². The van der Waals surface area contributed by atoms with Crippen molar-refractivity contribution < 1.29 is 9.18 Å². The summed E-state index contributed by atoms with van der Waals surface area (Å²) in [6.07, 6.45) is 10.8. The summed E-state index contributed by atoms with van der Waals surface area (Å²) in [6.45, 7) is 0. The van der Waals surface area contributed by atoms with Gasteiger partial charge in [-0.15, -0.1) is 0 Å². The Morgan fingerprint density at radius 3 is 2.77 bits per heavy atom. The number of aromatic amines is 2. The highest BCUT2D eigenvalue weighted by atomic mass is 19.1. The smallest absolute Gasteiger partial charge is 0.227 e. The number of carbonyl (C=O) groups is 1. The molecule has 0 spiro atoms. The van der Waals surface area contributed by atoms with Crippen LogP contribution in [-0.2, 0) is 4.79 Å². The van der Waals surface area contributed by atoms with Crippen LogP contribution in [0.4, 0.5) is 10.1 Å². The van der Waals surface area contributed by atoms with Gasteiger partial charge in [-0.1, -0.05) is 25.0 Å². The Labute approximate surface area is 222 Å². The van der Waals surface area contributed by atoms with Crippen LogP contribution >= 0.6 is 0 Å². The highest BCUT2D eigenvalue weighted by Crippen LogP contribution is 2.32. The van der Waals surface area contributed by atoms with Gasteiger partial charge in [-0.25, -0.2) is 14.4 Å². The van der Waals surface area contributed by atoms with Crippen LogP contribution in [0.5, 0.6) is 0 Å². The van der Waals surface area contributed by atoms with Gasteiger partial charge < -0.3 is 10.3 Å². The van der Waals surface area contributed by atoms with Gasteiger partial charge in [0, 0.05) is 34.8 Å². The van der Waals surface area contributed by atoms with Crippen LogP contribution in [0, 0.1) is 11.7 Å². The van der Waals surface area contributed by atoms with Gasteiger partial charge >= 0.3 is 0 Å². The van der Waals surface area contributed by atoms with Crippen LogP contribution in [0.25, 0.3) is 56.0 Å². The molecule has 39 heavy (non-hydrogen) atoms. The lowest BCUT2D eigenvalue weighted by atomic mass is 10.1. The van der Waals surface area contributed by atoms with E-state index in [9.17, 15) is 9.18 Å². The van der Waals surface area contributed by atoms with Crippen LogP contribution in [0.15, 0.2) is 67.3 Å². The minimum absolute atomic E-state index is 0.0445. The van der Waals surface area contributed by atoms with Crippen LogP contribution < -0.4 is 5.32 Å². The number of carbonyl (C=O) groups excluding carboxylic acids is 1. The molecule has 5 aromatic heterocycles. The lowest BCUT2D eigenvalue weighted by molar-refractivity contribution is -0.119. The predicted molar refractivity (Wildman–Crippen MR) is 146 cm³/mol. The second kappa shape index (κ2) is 9.39. The maximum atomic E-state index is 13.9. The SMILES string of the molecule is O=C(Nc1cncc(-c2cc3c(-c4nc5nccc(-c6cccc(F)c6)c5[nH]4)n[nH]c3cn2)c1)C1CCCC1. The predicted octanol–water partition coefficient (Wildman–Crippen LogP) is 5.89. The summed E-state index contributed by atoms with van der Waals surface area (Å²) >= 11 is 0. The number of rotatable bonds is 5. The molecule has 0 radical (unpaired) electrons. The summed E-state index contributed by atoms with van der Waals surface area (Å²) in [4.78, 5) is 33.9. The van der Waals surface area contributed by atoms with E-state index < -0.39 is 0 Å². The third-order valence-electron chi connectivity index (χ3n) is 7.23. The topological polar surface area (TPSA) is 125 Å². The molecule has 7 rings (SSSR count). The Hall–Kier alpha value is -4.99. The highest BCUT2D eigenvalue weighted by molar-refractivity contribution is 5.97. The van der Waals surface area contributed by atoms with Crippen molar-refractivity contribution in [1.29, 1.82) is 0 Å². The molecule has 0 unspecified atom stereocenters. The Morgan fingerprint density at radius 2 is 1.90 bits per heavy atom. The number of anilines is 1. The fourth-order valence-electron chi connectivity index (χ4n) is 5.26. The second-order valence-corrected chi connectivity index (χ2v) is 9.77. The molecule has 192 valence electrons. The van der Waals surface area contributed by atoms with Gasteiger partial charge in [-0.3, -0.25) is 19.9 Å². The fourth-order valence-corrected chi connectivity index (χ4v) is 5.26. The van der Waals surface area contributed by atoms with E-state index in [1.165, 1.54) is 12.1 Å². The molecular formula is C29H23FN8O. The largest absolute Gasteiger partial charge is 0.335 e. The van der Waals surface area contributed by atoms with Crippen molar-refractivity contribution in [3.05, 3.63) is 73.1 Å². The summed E-state index contributed by atoms with van der Waals surface area (Å²) in [6, 6.07) is 12.0. The van der Waals surface area contributed by atoms with Gasteiger partial charge in [0.15, 0.2) is 11.5 Å². The number of fused-ring (bicyclic) bond motifs is 2. The van der Waals surface area contributed by atoms with Gasteiger partial charge in [-0.05, 0) is 48.7 Å². The molecule has 9 nitrogen and oxygen atoms in total. The number of H-pyrrole nitrogens is 2. The van der Waals surface area contributed by atoms with E-state index in [-0.39, 0.29) is 17.6 Å². The molecule has 0 atom stereocenters.